The summed E-state index contributed by atoms with van der Waals surface area (Å²) in [6.45, 7) is 6.06. The molecule has 0 aromatic heterocycles. The number of carbonyl (C=O) groups is 4. The number of nitrogens with one attached hydrogen (secondary N) is 2. The average Bonchev–Trinajstić information content (AvgIpc) is 2.82. The molecule has 0 saturated carbocycles. The maximum absolute atomic E-state index is 13.8. The second-order valence-electron chi connectivity index (χ2n) is 9.75. The van der Waals surface area contributed by atoms with Gasteiger partial charge in [-0.15, -0.1) is 0 Å². The number of phenols is 1. The van der Waals surface area contributed by atoms with Gasteiger partial charge in [-0.25, -0.2) is 4.79 Å². The van der Waals surface area contributed by atoms with Crippen LogP contribution in [0.3, 0.4) is 0 Å². The average molecular weight is 558 g/mol. The molecule has 4 amide bonds. The van der Waals surface area contributed by atoms with E-state index in [4.69, 9.17) is 22.1 Å². The van der Waals surface area contributed by atoms with Gasteiger partial charge in [-0.3, -0.25) is 14.4 Å². The molecule has 0 fully saturated rings. The summed E-state index contributed by atoms with van der Waals surface area (Å²) in [5.41, 5.74) is 5.53. The van der Waals surface area contributed by atoms with Gasteiger partial charge in [0, 0.05) is 6.42 Å². The van der Waals surface area contributed by atoms with E-state index in [0.717, 1.165) is 4.90 Å². The van der Waals surface area contributed by atoms with Crippen molar-refractivity contribution >= 4 is 41.1 Å². The summed E-state index contributed by atoms with van der Waals surface area (Å²) in [7, 11) is 0. The Hall–Kier alpha value is -4.30. The lowest BCUT2D eigenvalue weighted by Crippen LogP contribution is -2.52. The zero-order valence-electron chi connectivity index (χ0n) is 22.2. The molecule has 2 unspecified atom stereocenters. The van der Waals surface area contributed by atoms with E-state index in [2.05, 4.69) is 10.6 Å². The number of hydrogen-bond acceptors (Lipinski definition) is 7. The number of hydrogen-bond donors (Lipinski definition) is 4. The number of para-hydroxylation sites is 1. The number of nitrogens with zero attached hydrogens (tertiary/aromatic N) is 2. The first kappa shape index (κ1) is 30.9. The maximum atomic E-state index is 13.8. The third kappa shape index (κ3) is 9.19. The summed E-state index contributed by atoms with van der Waals surface area (Å²) in [6, 6.07) is 9.72. The van der Waals surface area contributed by atoms with Gasteiger partial charge in [-0.05, 0) is 63.4 Å². The minimum atomic E-state index is -1.43. The van der Waals surface area contributed by atoms with Crippen molar-refractivity contribution < 1.29 is 29.0 Å². The van der Waals surface area contributed by atoms with Crippen LogP contribution >= 0.6 is 11.6 Å². The Morgan fingerprint density at radius 2 is 1.85 bits per heavy atom. The van der Waals surface area contributed by atoms with E-state index in [1.165, 1.54) is 24.3 Å². The molecule has 5 N–H and O–H groups in total. The molecule has 2 atom stereocenters. The van der Waals surface area contributed by atoms with Crippen LogP contribution < -0.4 is 16.4 Å². The molecule has 0 aliphatic heterocycles. The largest absolute Gasteiger partial charge is 0.508 e. The van der Waals surface area contributed by atoms with Gasteiger partial charge in [0.25, 0.3) is 5.91 Å². The van der Waals surface area contributed by atoms with Crippen molar-refractivity contribution in [2.45, 2.75) is 58.2 Å². The number of carbonyl (C=O) groups excluding carboxylic acids is 4. The third-order valence-electron chi connectivity index (χ3n) is 5.41. The van der Waals surface area contributed by atoms with Gasteiger partial charge in [0.05, 0.1) is 16.8 Å². The lowest BCUT2D eigenvalue weighted by Gasteiger charge is -2.33. The van der Waals surface area contributed by atoms with E-state index >= 15 is 0 Å². The third-order valence-corrected chi connectivity index (χ3v) is 5.72. The van der Waals surface area contributed by atoms with E-state index in [9.17, 15) is 29.5 Å². The number of aromatic hydroxyl groups is 1. The molecule has 0 spiro atoms. The molecule has 208 valence electrons. The van der Waals surface area contributed by atoms with Crippen molar-refractivity contribution in [3.8, 4) is 11.8 Å². The number of aryl methyl sites for hydroxylation is 1. The van der Waals surface area contributed by atoms with Crippen molar-refractivity contribution in [2.24, 2.45) is 5.73 Å². The van der Waals surface area contributed by atoms with Crippen LogP contribution in [0, 0.1) is 18.3 Å². The predicted molar refractivity (Wildman–Crippen MR) is 145 cm³/mol. The fraction of sp³-hybridized carbons (Fsp3) is 0.370. The fourth-order valence-corrected chi connectivity index (χ4v) is 3.99. The molecule has 2 rings (SSSR count). The molecule has 0 aliphatic carbocycles. The van der Waals surface area contributed by atoms with Crippen LogP contribution in [0.1, 0.15) is 50.8 Å². The number of halogens is 1. The van der Waals surface area contributed by atoms with Crippen molar-refractivity contribution in [1.29, 1.82) is 5.26 Å². The molecule has 0 heterocycles. The zero-order chi connectivity index (χ0) is 29.3. The highest BCUT2D eigenvalue weighted by Gasteiger charge is 2.37. The molecule has 0 saturated heterocycles. The number of nitrogens with two attached hydrogens (primary N) is 1. The first-order valence-corrected chi connectivity index (χ1v) is 12.4. The number of nitriles is 1. The minimum Gasteiger partial charge on any atom is -0.508 e. The second kappa shape index (κ2) is 13.5. The van der Waals surface area contributed by atoms with E-state index < -0.39 is 48.0 Å². The first-order chi connectivity index (χ1) is 18.2. The molecular weight excluding hydrogens is 526 g/mol. The number of rotatable bonds is 10. The van der Waals surface area contributed by atoms with Gasteiger partial charge in [0.1, 0.15) is 30.0 Å². The summed E-state index contributed by atoms with van der Waals surface area (Å²) >= 11 is 6.29. The number of ether oxygens (including phenoxy) is 1. The highest BCUT2D eigenvalue weighted by molar-refractivity contribution is 6.34. The molecule has 11 nitrogen and oxygen atoms in total. The molecule has 0 radical (unpaired) electrons. The van der Waals surface area contributed by atoms with Gasteiger partial charge < -0.3 is 31.1 Å². The summed E-state index contributed by atoms with van der Waals surface area (Å²) in [6.07, 6.45) is -1.42. The number of anilines is 1. The van der Waals surface area contributed by atoms with Crippen LogP contribution in [0.15, 0.2) is 42.5 Å². The normalized spacial score (nSPS) is 12.4. The molecule has 12 heteroatoms. The lowest BCUT2D eigenvalue weighted by molar-refractivity contribution is -0.140. The molecule has 2 aromatic carbocycles. The topological polar surface area (TPSA) is 175 Å². The predicted octanol–water partition coefficient (Wildman–Crippen LogP) is 3.54. The van der Waals surface area contributed by atoms with Crippen molar-refractivity contribution in [3.05, 3.63) is 58.6 Å². The van der Waals surface area contributed by atoms with Gasteiger partial charge >= 0.3 is 6.09 Å². The SMILES string of the molecule is Cc1cccc(Cl)c1NC(=O)C(c1cccc(O)c1)N(CC#N)C(=O)C(CCC(N)=O)NC(=O)OC(C)(C)C. The van der Waals surface area contributed by atoms with E-state index in [1.54, 1.807) is 45.9 Å². The number of alkyl carbamates (subject to hydrolysis) is 1. The maximum Gasteiger partial charge on any atom is 0.408 e. The Labute approximate surface area is 231 Å². The van der Waals surface area contributed by atoms with Crippen molar-refractivity contribution in [3.63, 3.8) is 0 Å². The number of benzene rings is 2. The van der Waals surface area contributed by atoms with Crippen LogP contribution in [0.4, 0.5) is 10.5 Å². The first-order valence-electron chi connectivity index (χ1n) is 12.0. The number of amides is 4. The highest BCUT2D eigenvalue weighted by atomic mass is 35.5. The Bertz CT molecular complexity index is 1250. The van der Waals surface area contributed by atoms with E-state index in [1.807, 2.05) is 6.07 Å². The van der Waals surface area contributed by atoms with Crippen molar-refractivity contribution in [2.75, 3.05) is 11.9 Å². The van der Waals surface area contributed by atoms with Gasteiger partial charge in [-0.2, -0.15) is 5.26 Å². The zero-order valence-corrected chi connectivity index (χ0v) is 22.9. The Balaban J connectivity index is 2.55. The minimum absolute atomic E-state index is 0.180. The van der Waals surface area contributed by atoms with Crippen molar-refractivity contribution in [1.82, 2.24) is 10.2 Å². The number of primary amides is 1. The fourth-order valence-electron chi connectivity index (χ4n) is 3.72. The van der Waals surface area contributed by atoms with Gasteiger partial charge in [-0.1, -0.05) is 35.9 Å². The van der Waals surface area contributed by atoms with Crippen LogP contribution in [0.2, 0.25) is 5.02 Å². The van der Waals surface area contributed by atoms with E-state index in [0.29, 0.717) is 11.3 Å². The lowest BCUT2D eigenvalue weighted by atomic mass is 10.0. The Morgan fingerprint density at radius 1 is 1.18 bits per heavy atom. The summed E-state index contributed by atoms with van der Waals surface area (Å²) < 4.78 is 5.25. The molecule has 39 heavy (non-hydrogen) atoms. The van der Waals surface area contributed by atoms with E-state index in [-0.39, 0.29) is 29.2 Å². The molecule has 0 aliphatic rings. The molecular formula is C27H32ClN5O6. The summed E-state index contributed by atoms with van der Waals surface area (Å²) in [4.78, 5) is 52.5. The highest BCUT2D eigenvalue weighted by Crippen LogP contribution is 2.30. The molecule has 0 bridgehead atoms. The van der Waals surface area contributed by atoms with Crippen LogP contribution in [0.25, 0.3) is 0 Å². The Kier molecular flexibility index (Phi) is 10.7. The summed E-state index contributed by atoms with van der Waals surface area (Å²) in [5, 5.41) is 25.1. The molecule has 2 aromatic rings. The van der Waals surface area contributed by atoms with Crippen LogP contribution in [0.5, 0.6) is 5.75 Å². The standard InChI is InChI=1S/C27H32ClN5O6/c1-16-7-5-10-19(28)22(16)32-24(36)23(17-8-6-9-18(34)15-17)33(14-13-29)25(37)20(11-12-21(30)35)31-26(38)39-27(2,3)4/h5-10,15,20,23,34H,11-12,14H2,1-4H3,(H2,30,35)(H,31,38)(H,32,36). The summed E-state index contributed by atoms with van der Waals surface area (Å²) in [5.74, 6) is -2.47. The number of phenolic OH excluding ortho intramolecular Hbond substituents is 1. The quantitative estimate of drug-likeness (QED) is 0.323. The van der Waals surface area contributed by atoms with Gasteiger partial charge in [0.2, 0.25) is 11.8 Å². The second-order valence-corrected chi connectivity index (χ2v) is 10.2. The van der Waals surface area contributed by atoms with Gasteiger partial charge in [0.15, 0.2) is 0 Å². The monoisotopic (exact) mass is 557 g/mol. The van der Waals surface area contributed by atoms with Crippen LogP contribution in [-0.4, -0.2) is 52.0 Å². The van der Waals surface area contributed by atoms with Crippen LogP contribution in [-0.2, 0) is 19.1 Å². The smallest absolute Gasteiger partial charge is 0.408 e. The Morgan fingerprint density at radius 3 is 2.41 bits per heavy atom.